The summed E-state index contributed by atoms with van der Waals surface area (Å²) in [5.74, 6) is -0.626. The summed E-state index contributed by atoms with van der Waals surface area (Å²) < 4.78 is 50.4. The Balaban J connectivity index is 1.60. The van der Waals surface area contributed by atoms with Gasteiger partial charge in [-0.3, -0.25) is 0 Å². The summed E-state index contributed by atoms with van der Waals surface area (Å²) in [5, 5.41) is 0. The average Bonchev–Trinajstić information content (AvgIpc) is 2.73. The normalized spacial score (nSPS) is 16.3. The molecule has 0 bridgehead atoms. The third-order valence-corrected chi connectivity index (χ3v) is 4.99. The number of esters is 1. The minimum absolute atomic E-state index is 0.0301. The fourth-order valence-corrected chi connectivity index (χ4v) is 3.36. The number of para-hydroxylation sites is 1. The molecule has 0 amide bonds. The summed E-state index contributed by atoms with van der Waals surface area (Å²) in [6.07, 6.45) is -6.78. The van der Waals surface area contributed by atoms with Crippen LogP contribution in [0.1, 0.15) is 10.4 Å². The molecule has 5 nitrogen and oxygen atoms in total. The number of piperazine rings is 1. The molecule has 2 aromatic carbocycles. The number of carbonyl (C=O) groups is 1. The zero-order valence-electron chi connectivity index (χ0n) is 16.1. The van der Waals surface area contributed by atoms with Gasteiger partial charge in [0.15, 0.2) is 0 Å². The first kappa shape index (κ1) is 21.0. The quantitative estimate of drug-likeness (QED) is 0.743. The maximum atomic E-state index is 13.5. The van der Waals surface area contributed by atoms with Crippen molar-refractivity contribution in [3.63, 3.8) is 0 Å². The van der Waals surface area contributed by atoms with Crippen LogP contribution in [0.25, 0.3) is 0 Å². The Hall–Kier alpha value is -2.74. The number of halogens is 3. The molecule has 0 spiro atoms. The Morgan fingerprint density at radius 3 is 2.41 bits per heavy atom. The number of rotatable bonds is 6. The van der Waals surface area contributed by atoms with Gasteiger partial charge in [-0.1, -0.05) is 24.3 Å². The predicted molar refractivity (Wildman–Crippen MR) is 102 cm³/mol. The highest BCUT2D eigenvalue weighted by atomic mass is 19.4. The number of carbonyl (C=O) groups excluding carboxylic acids is 1. The summed E-state index contributed by atoms with van der Waals surface area (Å²) in [7, 11) is 1.42. The molecule has 1 fully saturated rings. The van der Waals surface area contributed by atoms with Gasteiger partial charge < -0.3 is 19.3 Å². The molecule has 0 saturated carbocycles. The summed E-state index contributed by atoms with van der Waals surface area (Å²) in [6, 6.07) is 15.7. The molecule has 8 heteroatoms. The highest BCUT2D eigenvalue weighted by Crippen LogP contribution is 2.24. The lowest BCUT2D eigenvalue weighted by atomic mass is 10.2. The van der Waals surface area contributed by atoms with Crippen LogP contribution >= 0.6 is 0 Å². The first-order valence-electron chi connectivity index (χ1n) is 9.42. The van der Waals surface area contributed by atoms with Crippen molar-refractivity contribution in [3.8, 4) is 5.75 Å². The van der Waals surface area contributed by atoms with E-state index < -0.39 is 18.2 Å². The standard InChI is InChI=1S/C21H23F3N2O3/c1-28-18-9-5-6-16(14-18)20(27)29-19(21(22,23)24)15-25-10-12-26(13-11-25)17-7-3-2-4-8-17/h2-9,14,19H,10-13,15H2,1H3/p+1/t19-/m0/s1. The van der Waals surface area contributed by atoms with Gasteiger partial charge in [0.05, 0.1) is 38.9 Å². The van der Waals surface area contributed by atoms with E-state index in [1.807, 2.05) is 30.3 Å². The summed E-state index contributed by atoms with van der Waals surface area (Å²) in [5.41, 5.74) is 1.09. The second kappa shape index (κ2) is 9.17. The molecule has 1 saturated heterocycles. The van der Waals surface area contributed by atoms with Gasteiger partial charge in [-0.15, -0.1) is 0 Å². The number of nitrogens with zero attached hydrogens (tertiary/aromatic N) is 1. The van der Waals surface area contributed by atoms with Crippen molar-refractivity contribution in [1.82, 2.24) is 0 Å². The Morgan fingerprint density at radius 2 is 1.79 bits per heavy atom. The summed E-state index contributed by atoms with van der Waals surface area (Å²) in [6.45, 7) is 2.07. The average molecular weight is 409 g/mol. The molecule has 0 radical (unpaired) electrons. The smallest absolute Gasteiger partial charge is 0.431 e. The van der Waals surface area contributed by atoms with Crippen LogP contribution in [-0.4, -0.2) is 58.1 Å². The van der Waals surface area contributed by atoms with Crippen molar-refractivity contribution in [2.24, 2.45) is 0 Å². The number of benzene rings is 2. The minimum atomic E-state index is -4.63. The highest BCUT2D eigenvalue weighted by molar-refractivity contribution is 5.90. The first-order chi connectivity index (χ1) is 13.9. The van der Waals surface area contributed by atoms with Gasteiger partial charge in [-0.05, 0) is 30.3 Å². The number of nitrogens with one attached hydrogen (secondary N) is 1. The van der Waals surface area contributed by atoms with E-state index in [-0.39, 0.29) is 12.1 Å². The van der Waals surface area contributed by atoms with Crippen molar-refractivity contribution in [3.05, 3.63) is 60.2 Å². The molecule has 1 atom stereocenters. The van der Waals surface area contributed by atoms with Gasteiger partial charge in [0.2, 0.25) is 6.10 Å². The predicted octanol–water partition coefficient (Wildman–Crippen LogP) is 2.19. The van der Waals surface area contributed by atoms with Crippen molar-refractivity contribution >= 4 is 11.7 Å². The molecular weight excluding hydrogens is 385 g/mol. The van der Waals surface area contributed by atoms with Gasteiger partial charge in [0.1, 0.15) is 12.3 Å². The fraction of sp³-hybridized carbons (Fsp3) is 0.381. The van der Waals surface area contributed by atoms with Crippen LogP contribution in [-0.2, 0) is 4.74 Å². The molecule has 0 unspecified atom stereocenters. The molecule has 1 aliphatic heterocycles. The Morgan fingerprint density at radius 1 is 1.10 bits per heavy atom. The second-order valence-electron chi connectivity index (χ2n) is 6.94. The Kier molecular flexibility index (Phi) is 6.64. The lowest BCUT2D eigenvalue weighted by molar-refractivity contribution is -0.904. The molecule has 29 heavy (non-hydrogen) atoms. The van der Waals surface area contributed by atoms with Crippen LogP contribution in [0, 0.1) is 0 Å². The monoisotopic (exact) mass is 409 g/mol. The van der Waals surface area contributed by atoms with Gasteiger partial charge in [0.25, 0.3) is 0 Å². The third kappa shape index (κ3) is 5.63. The number of quaternary nitrogens is 1. The lowest BCUT2D eigenvalue weighted by Crippen LogP contribution is -3.16. The number of anilines is 1. The van der Waals surface area contributed by atoms with Gasteiger partial charge in [-0.2, -0.15) is 13.2 Å². The topological polar surface area (TPSA) is 43.2 Å². The van der Waals surface area contributed by atoms with Crippen LogP contribution in [0.3, 0.4) is 0 Å². The van der Waals surface area contributed by atoms with E-state index in [2.05, 4.69) is 4.90 Å². The second-order valence-corrected chi connectivity index (χ2v) is 6.94. The third-order valence-electron chi connectivity index (χ3n) is 4.99. The maximum absolute atomic E-state index is 13.5. The molecule has 1 N–H and O–H groups in total. The molecule has 156 valence electrons. The largest absolute Gasteiger partial charge is 0.497 e. The van der Waals surface area contributed by atoms with Crippen LogP contribution in [0.15, 0.2) is 54.6 Å². The number of methoxy groups -OCH3 is 1. The number of ether oxygens (including phenoxy) is 2. The van der Waals surface area contributed by atoms with E-state index in [1.165, 1.54) is 25.3 Å². The van der Waals surface area contributed by atoms with Crippen molar-refractivity contribution in [1.29, 1.82) is 0 Å². The van der Waals surface area contributed by atoms with E-state index in [0.717, 1.165) is 10.6 Å². The SMILES string of the molecule is COc1cccc(C(=O)O[C@@H](C[NH+]2CCN(c3ccccc3)CC2)C(F)(F)F)c1. The molecule has 2 aromatic rings. The Bertz CT molecular complexity index is 806. The van der Waals surface area contributed by atoms with E-state index >= 15 is 0 Å². The molecular formula is C21H24F3N2O3+. The van der Waals surface area contributed by atoms with Crippen LogP contribution in [0.2, 0.25) is 0 Å². The first-order valence-corrected chi connectivity index (χ1v) is 9.42. The maximum Gasteiger partial charge on any atom is 0.431 e. The van der Waals surface area contributed by atoms with E-state index in [0.29, 0.717) is 31.9 Å². The van der Waals surface area contributed by atoms with E-state index in [1.54, 1.807) is 6.07 Å². The van der Waals surface area contributed by atoms with Crippen molar-refractivity contribution < 1.29 is 32.3 Å². The molecule has 3 rings (SSSR count). The van der Waals surface area contributed by atoms with Crippen LogP contribution in [0.5, 0.6) is 5.75 Å². The zero-order chi connectivity index (χ0) is 20.9. The number of alkyl halides is 3. The highest BCUT2D eigenvalue weighted by Gasteiger charge is 2.46. The van der Waals surface area contributed by atoms with Gasteiger partial charge in [0, 0.05) is 5.69 Å². The lowest BCUT2D eigenvalue weighted by Gasteiger charge is -2.35. The van der Waals surface area contributed by atoms with Crippen molar-refractivity contribution in [2.75, 3.05) is 44.7 Å². The fourth-order valence-electron chi connectivity index (χ4n) is 3.36. The molecule has 1 aliphatic rings. The molecule has 0 aromatic heterocycles. The number of hydrogen-bond donors (Lipinski definition) is 1. The van der Waals surface area contributed by atoms with Crippen LogP contribution < -0.4 is 14.5 Å². The minimum Gasteiger partial charge on any atom is -0.497 e. The van der Waals surface area contributed by atoms with E-state index in [9.17, 15) is 18.0 Å². The number of hydrogen-bond acceptors (Lipinski definition) is 4. The van der Waals surface area contributed by atoms with Crippen LogP contribution in [0.4, 0.5) is 18.9 Å². The zero-order valence-corrected chi connectivity index (χ0v) is 16.1. The summed E-state index contributed by atoms with van der Waals surface area (Å²) >= 11 is 0. The molecule has 0 aliphatic carbocycles. The molecule has 1 heterocycles. The van der Waals surface area contributed by atoms with E-state index in [4.69, 9.17) is 9.47 Å². The van der Waals surface area contributed by atoms with Gasteiger partial charge in [-0.25, -0.2) is 4.79 Å². The van der Waals surface area contributed by atoms with Crippen molar-refractivity contribution in [2.45, 2.75) is 12.3 Å². The summed E-state index contributed by atoms with van der Waals surface area (Å²) in [4.78, 5) is 15.2. The Labute approximate surface area is 167 Å². The van der Waals surface area contributed by atoms with Gasteiger partial charge >= 0.3 is 12.1 Å².